The number of carbonyl (C=O) groups excluding carboxylic acids is 3. The third-order valence-corrected chi connectivity index (χ3v) is 12.4. The molecule has 0 saturated heterocycles. The van der Waals surface area contributed by atoms with Crippen molar-refractivity contribution < 1.29 is 28.6 Å². The molecule has 0 aromatic rings. The standard InChI is InChI=1S/C63H108O6/c1-4-7-10-13-16-19-22-24-26-27-28-29-30-31-32-33-34-35-36-37-38-40-41-44-47-50-53-56-62(65)68-59-60(58-67-61(64)55-52-49-46-43-21-18-15-12-9-6-3)69-63(66)57-54-51-48-45-42-39-25-23-20-17-14-11-8-5-2/h7,10,16,19,24,26,28-29,31-32,34-35,37-38,60H,4-6,8-9,11-15,17-18,20-23,25,27,30,33,36,39-59H2,1-3H3/b10-7-,19-16-,26-24-,29-28-,32-31-,35-34-,38-37-. The number of hydrogen-bond acceptors (Lipinski definition) is 6. The number of carbonyl (C=O) groups is 3. The van der Waals surface area contributed by atoms with E-state index in [2.05, 4.69) is 106 Å². The van der Waals surface area contributed by atoms with E-state index in [9.17, 15) is 14.4 Å². The molecule has 0 aliphatic heterocycles. The first-order chi connectivity index (χ1) is 34.0. The van der Waals surface area contributed by atoms with Crippen molar-refractivity contribution in [2.75, 3.05) is 13.2 Å². The van der Waals surface area contributed by atoms with Gasteiger partial charge in [-0.15, -0.1) is 0 Å². The van der Waals surface area contributed by atoms with Crippen LogP contribution in [0.2, 0.25) is 0 Å². The van der Waals surface area contributed by atoms with Crippen molar-refractivity contribution in [3.63, 3.8) is 0 Å². The Balaban J connectivity index is 4.29. The van der Waals surface area contributed by atoms with Crippen LogP contribution in [0.15, 0.2) is 85.1 Å². The van der Waals surface area contributed by atoms with E-state index in [-0.39, 0.29) is 31.1 Å². The highest BCUT2D eigenvalue weighted by atomic mass is 16.6. The molecule has 6 nitrogen and oxygen atoms in total. The fourth-order valence-electron chi connectivity index (χ4n) is 8.07. The SMILES string of the molecule is CC/C=C\C/C=C\C/C=C\C/C=C\C/C=C\C/C=C\C/C=C\CCCCCCCC(=O)OCC(COC(=O)CCCCCCCCCCCC)OC(=O)CCCCCCCCCCCCCCCC. The number of hydrogen-bond donors (Lipinski definition) is 0. The lowest BCUT2D eigenvalue weighted by Crippen LogP contribution is -2.30. The summed E-state index contributed by atoms with van der Waals surface area (Å²) in [5.74, 6) is -0.893. The number of allylic oxidation sites excluding steroid dienone is 14. The summed E-state index contributed by atoms with van der Waals surface area (Å²) in [4.78, 5) is 38.0. The molecule has 0 radical (unpaired) electrons. The molecule has 0 saturated carbocycles. The van der Waals surface area contributed by atoms with Gasteiger partial charge in [-0.1, -0.05) is 266 Å². The molecule has 0 aromatic heterocycles. The van der Waals surface area contributed by atoms with Crippen LogP contribution in [0.25, 0.3) is 0 Å². The molecule has 1 unspecified atom stereocenters. The predicted octanol–water partition coefficient (Wildman–Crippen LogP) is 19.5. The average Bonchev–Trinajstić information content (AvgIpc) is 3.35. The molecule has 0 heterocycles. The molecule has 0 aromatic carbocycles. The summed E-state index contributed by atoms with van der Waals surface area (Å²) in [6.07, 6.45) is 74.3. The van der Waals surface area contributed by atoms with Gasteiger partial charge in [0, 0.05) is 19.3 Å². The Bertz CT molecular complexity index is 1330. The minimum absolute atomic E-state index is 0.0792. The van der Waals surface area contributed by atoms with E-state index in [1.807, 2.05) is 0 Å². The summed E-state index contributed by atoms with van der Waals surface area (Å²) in [5, 5.41) is 0. The van der Waals surface area contributed by atoms with Crippen LogP contribution in [0.1, 0.15) is 278 Å². The predicted molar refractivity (Wildman–Crippen MR) is 297 cm³/mol. The first kappa shape index (κ1) is 65.6. The highest BCUT2D eigenvalue weighted by Crippen LogP contribution is 2.16. The van der Waals surface area contributed by atoms with Crippen molar-refractivity contribution in [3.05, 3.63) is 85.1 Å². The Morgan fingerprint density at radius 2 is 0.565 bits per heavy atom. The van der Waals surface area contributed by atoms with E-state index in [1.54, 1.807) is 0 Å². The second kappa shape index (κ2) is 57.2. The summed E-state index contributed by atoms with van der Waals surface area (Å²) in [7, 11) is 0. The molecule has 0 amide bonds. The van der Waals surface area contributed by atoms with Crippen LogP contribution in [-0.2, 0) is 28.6 Å². The highest BCUT2D eigenvalue weighted by molar-refractivity contribution is 5.71. The Morgan fingerprint density at radius 3 is 0.884 bits per heavy atom. The van der Waals surface area contributed by atoms with Gasteiger partial charge in [-0.3, -0.25) is 14.4 Å². The smallest absolute Gasteiger partial charge is 0.306 e. The second-order valence-corrected chi connectivity index (χ2v) is 19.2. The maximum Gasteiger partial charge on any atom is 0.306 e. The van der Waals surface area contributed by atoms with Gasteiger partial charge in [0.1, 0.15) is 13.2 Å². The Hall–Kier alpha value is -3.41. The Kier molecular flexibility index (Phi) is 54.3. The molecular weight excluding hydrogens is 853 g/mol. The molecule has 396 valence electrons. The molecule has 6 heteroatoms. The van der Waals surface area contributed by atoms with Gasteiger partial charge >= 0.3 is 17.9 Å². The van der Waals surface area contributed by atoms with Gasteiger partial charge in [-0.25, -0.2) is 0 Å². The third-order valence-electron chi connectivity index (χ3n) is 12.4. The molecule has 0 rings (SSSR count). The third kappa shape index (κ3) is 55.4. The van der Waals surface area contributed by atoms with Crippen LogP contribution < -0.4 is 0 Å². The van der Waals surface area contributed by atoms with E-state index in [4.69, 9.17) is 14.2 Å². The van der Waals surface area contributed by atoms with Crippen molar-refractivity contribution in [2.24, 2.45) is 0 Å². The van der Waals surface area contributed by atoms with Crippen LogP contribution in [-0.4, -0.2) is 37.2 Å². The van der Waals surface area contributed by atoms with Gasteiger partial charge in [0.25, 0.3) is 0 Å². The van der Waals surface area contributed by atoms with Gasteiger partial charge < -0.3 is 14.2 Å². The molecule has 0 fully saturated rings. The summed E-state index contributed by atoms with van der Waals surface area (Å²) in [6, 6.07) is 0. The zero-order chi connectivity index (χ0) is 50.0. The zero-order valence-electron chi connectivity index (χ0n) is 45.3. The van der Waals surface area contributed by atoms with Crippen LogP contribution >= 0.6 is 0 Å². The second-order valence-electron chi connectivity index (χ2n) is 19.2. The highest BCUT2D eigenvalue weighted by Gasteiger charge is 2.19. The number of rotatable bonds is 52. The number of unbranched alkanes of at least 4 members (excludes halogenated alkanes) is 27. The maximum absolute atomic E-state index is 12.8. The van der Waals surface area contributed by atoms with Gasteiger partial charge in [0.15, 0.2) is 6.10 Å². The lowest BCUT2D eigenvalue weighted by molar-refractivity contribution is -0.167. The van der Waals surface area contributed by atoms with E-state index < -0.39 is 6.10 Å². The van der Waals surface area contributed by atoms with E-state index >= 15 is 0 Å². The van der Waals surface area contributed by atoms with Crippen LogP contribution in [0.3, 0.4) is 0 Å². The van der Waals surface area contributed by atoms with Gasteiger partial charge in [-0.05, 0) is 77.0 Å². The monoisotopic (exact) mass is 961 g/mol. The maximum atomic E-state index is 12.8. The summed E-state index contributed by atoms with van der Waals surface area (Å²) >= 11 is 0. The summed E-state index contributed by atoms with van der Waals surface area (Å²) in [6.45, 7) is 6.51. The van der Waals surface area contributed by atoms with E-state index in [0.717, 1.165) is 122 Å². The van der Waals surface area contributed by atoms with E-state index in [1.165, 1.54) is 116 Å². The first-order valence-electron chi connectivity index (χ1n) is 29.1. The minimum Gasteiger partial charge on any atom is -0.462 e. The van der Waals surface area contributed by atoms with Crippen molar-refractivity contribution in [3.8, 4) is 0 Å². The Morgan fingerprint density at radius 1 is 0.304 bits per heavy atom. The molecule has 69 heavy (non-hydrogen) atoms. The molecule has 0 spiro atoms. The van der Waals surface area contributed by atoms with Crippen molar-refractivity contribution in [1.82, 2.24) is 0 Å². The Labute approximate surface area is 426 Å². The molecule has 0 aliphatic carbocycles. The first-order valence-corrected chi connectivity index (χ1v) is 29.1. The largest absolute Gasteiger partial charge is 0.462 e. The summed E-state index contributed by atoms with van der Waals surface area (Å²) in [5.41, 5.74) is 0. The number of esters is 3. The molecule has 1 atom stereocenters. The fraction of sp³-hybridized carbons (Fsp3) is 0.730. The van der Waals surface area contributed by atoms with Gasteiger partial charge in [0.05, 0.1) is 0 Å². The molecular formula is C63H108O6. The van der Waals surface area contributed by atoms with Crippen molar-refractivity contribution in [1.29, 1.82) is 0 Å². The van der Waals surface area contributed by atoms with Gasteiger partial charge in [0.2, 0.25) is 0 Å². The lowest BCUT2D eigenvalue weighted by Gasteiger charge is -2.18. The van der Waals surface area contributed by atoms with Crippen molar-refractivity contribution >= 4 is 17.9 Å². The normalized spacial score (nSPS) is 12.7. The quantitative estimate of drug-likeness (QED) is 0.0262. The average molecular weight is 962 g/mol. The fourth-order valence-corrected chi connectivity index (χ4v) is 8.07. The molecule has 0 bridgehead atoms. The minimum atomic E-state index is -0.780. The summed E-state index contributed by atoms with van der Waals surface area (Å²) < 4.78 is 16.8. The van der Waals surface area contributed by atoms with E-state index in [0.29, 0.717) is 19.3 Å². The van der Waals surface area contributed by atoms with Crippen LogP contribution in [0, 0.1) is 0 Å². The zero-order valence-corrected chi connectivity index (χ0v) is 45.3. The van der Waals surface area contributed by atoms with Crippen LogP contribution in [0.5, 0.6) is 0 Å². The topological polar surface area (TPSA) is 78.9 Å². The van der Waals surface area contributed by atoms with Crippen LogP contribution in [0.4, 0.5) is 0 Å². The molecule has 0 N–H and O–H groups in total. The number of ether oxygens (including phenoxy) is 3. The lowest BCUT2D eigenvalue weighted by atomic mass is 10.0. The van der Waals surface area contributed by atoms with Gasteiger partial charge in [-0.2, -0.15) is 0 Å². The van der Waals surface area contributed by atoms with Crippen molar-refractivity contribution in [2.45, 2.75) is 284 Å². The molecule has 0 aliphatic rings.